The van der Waals surface area contributed by atoms with Crippen molar-refractivity contribution in [2.24, 2.45) is 0 Å². The fourth-order valence-electron chi connectivity index (χ4n) is 2.90. The van der Waals surface area contributed by atoms with Gasteiger partial charge in [0.2, 0.25) is 0 Å². The molecule has 7 heteroatoms. The molecule has 0 bridgehead atoms. The van der Waals surface area contributed by atoms with E-state index in [0.717, 1.165) is 16.8 Å². The quantitative estimate of drug-likeness (QED) is 0.697. The molecule has 1 aliphatic rings. The van der Waals surface area contributed by atoms with Crippen molar-refractivity contribution >= 4 is 40.5 Å². The second-order valence-corrected chi connectivity index (χ2v) is 6.10. The molecule has 5 nitrogen and oxygen atoms in total. The zero-order chi connectivity index (χ0) is 15.4. The fourth-order valence-corrected chi connectivity index (χ4v) is 3.33. The molecule has 0 aliphatic carbocycles. The molecule has 1 aliphatic heterocycles. The highest BCUT2D eigenvalue weighted by molar-refractivity contribution is 7.71. The van der Waals surface area contributed by atoms with E-state index in [1.165, 1.54) is 0 Å². The molecule has 0 amide bonds. The Bertz CT molecular complexity index is 1070. The Morgan fingerprint density at radius 3 is 3.00 bits per heavy atom. The molecule has 0 radical (unpaired) electrons. The molecule has 0 spiro atoms. The molecule has 0 unspecified atom stereocenters. The van der Waals surface area contributed by atoms with Crippen molar-refractivity contribution in [2.45, 2.75) is 13.5 Å². The van der Waals surface area contributed by atoms with E-state index >= 15 is 0 Å². The summed E-state index contributed by atoms with van der Waals surface area (Å²) in [6, 6.07) is 7.61. The Balaban J connectivity index is 2.10. The molecule has 0 saturated carbocycles. The third-order valence-electron chi connectivity index (χ3n) is 3.82. The van der Waals surface area contributed by atoms with E-state index in [2.05, 4.69) is 10.1 Å². The lowest BCUT2D eigenvalue weighted by Gasteiger charge is -2.22. The summed E-state index contributed by atoms with van der Waals surface area (Å²) in [5.74, 6) is 0. The van der Waals surface area contributed by atoms with Gasteiger partial charge >= 0.3 is 0 Å². The number of aromatic amines is 1. The van der Waals surface area contributed by atoms with Crippen LogP contribution in [0.3, 0.4) is 0 Å². The standard InChI is InChI=1S/C15H11ClN4OS/c1-8-7-19-14-11(13(21)18-15(19)22)6-17-20(14)12(8)9-3-2-4-10(16)5-9/h2-6H,7H2,1H3,(H,18,21,22). The van der Waals surface area contributed by atoms with Crippen LogP contribution in [0.15, 0.2) is 40.8 Å². The van der Waals surface area contributed by atoms with Gasteiger partial charge in [0.05, 0.1) is 11.9 Å². The molecule has 2 aromatic heterocycles. The smallest absolute Gasteiger partial charge is 0.262 e. The predicted octanol–water partition coefficient (Wildman–Crippen LogP) is 3.20. The minimum Gasteiger partial charge on any atom is -0.298 e. The maximum Gasteiger partial charge on any atom is 0.262 e. The first-order valence-corrected chi connectivity index (χ1v) is 7.52. The van der Waals surface area contributed by atoms with Crippen LogP contribution < -0.4 is 5.56 Å². The summed E-state index contributed by atoms with van der Waals surface area (Å²) < 4.78 is 4.07. The molecule has 0 saturated heterocycles. The van der Waals surface area contributed by atoms with Crippen molar-refractivity contribution in [1.82, 2.24) is 19.3 Å². The number of hydrogen-bond acceptors (Lipinski definition) is 3. The van der Waals surface area contributed by atoms with E-state index in [4.69, 9.17) is 23.8 Å². The van der Waals surface area contributed by atoms with Gasteiger partial charge in [-0.3, -0.25) is 14.3 Å². The Morgan fingerprint density at radius 1 is 1.41 bits per heavy atom. The number of halogens is 1. The molecule has 3 aromatic rings. The van der Waals surface area contributed by atoms with Gasteiger partial charge < -0.3 is 0 Å². The van der Waals surface area contributed by atoms with E-state index in [9.17, 15) is 4.79 Å². The Labute approximate surface area is 135 Å². The highest BCUT2D eigenvalue weighted by atomic mass is 35.5. The van der Waals surface area contributed by atoms with Gasteiger partial charge in [0.1, 0.15) is 5.39 Å². The number of nitrogens with one attached hydrogen (secondary N) is 1. The topological polar surface area (TPSA) is 55.6 Å². The van der Waals surface area contributed by atoms with Crippen LogP contribution in [0.1, 0.15) is 12.5 Å². The lowest BCUT2D eigenvalue weighted by molar-refractivity contribution is 0.708. The first-order chi connectivity index (χ1) is 10.6. The van der Waals surface area contributed by atoms with E-state index in [0.29, 0.717) is 27.4 Å². The van der Waals surface area contributed by atoms with Crippen molar-refractivity contribution < 1.29 is 0 Å². The van der Waals surface area contributed by atoms with Gasteiger partial charge in [0.15, 0.2) is 10.4 Å². The van der Waals surface area contributed by atoms with Gasteiger partial charge in [-0.05, 0) is 36.8 Å². The second-order valence-electron chi connectivity index (χ2n) is 5.28. The van der Waals surface area contributed by atoms with E-state index in [-0.39, 0.29) is 5.56 Å². The van der Waals surface area contributed by atoms with Crippen molar-refractivity contribution in [3.05, 3.63) is 61.7 Å². The fraction of sp³-hybridized carbons (Fsp3) is 0.133. The number of H-pyrrole nitrogens is 1. The van der Waals surface area contributed by atoms with Gasteiger partial charge in [-0.25, -0.2) is 4.68 Å². The maximum atomic E-state index is 12.1. The summed E-state index contributed by atoms with van der Waals surface area (Å²) in [6.45, 7) is 2.64. The van der Waals surface area contributed by atoms with Crippen LogP contribution in [0, 0.1) is 4.77 Å². The average Bonchev–Trinajstić information content (AvgIpc) is 2.90. The number of hydrogen-bond donors (Lipinski definition) is 1. The molecular formula is C15H11ClN4OS. The number of rotatable bonds is 1. The van der Waals surface area contributed by atoms with Gasteiger partial charge in [-0.1, -0.05) is 23.7 Å². The van der Waals surface area contributed by atoms with Crippen LogP contribution in [0.5, 0.6) is 0 Å². The van der Waals surface area contributed by atoms with Crippen LogP contribution in [0.25, 0.3) is 16.7 Å². The van der Waals surface area contributed by atoms with Gasteiger partial charge in [-0.15, -0.1) is 0 Å². The third kappa shape index (κ3) is 1.81. The minimum absolute atomic E-state index is 0.215. The third-order valence-corrected chi connectivity index (χ3v) is 4.38. The zero-order valence-corrected chi connectivity index (χ0v) is 13.2. The van der Waals surface area contributed by atoms with Crippen molar-refractivity contribution in [2.75, 3.05) is 0 Å². The molecule has 0 atom stereocenters. The first-order valence-electron chi connectivity index (χ1n) is 6.73. The highest BCUT2D eigenvalue weighted by Crippen LogP contribution is 2.30. The first kappa shape index (κ1) is 13.5. The van der Waals surface area contributed by atoms with E-state index < -0.39 is 0 Å². The predicted molar refractivity (Wildman–Crippen MR) is 88.6 cm³/mol. The summed E-state index contributed by atoms with van der Waals surface area (Å²) in [6.07, 6.45) is 1.57. The lowest BCUT2D eigenvalue weighted by atomic mass is 10.1. The molecule has 4 rings (SSSR count). The summed E-state index contributed by atoms with van der Waals surface area (Å²) in [4.78, 5) is 14.7. The Hall–Kier alpha value is -2.18. The largest absolute Gasteiger partial charge is 0.298 e. The summed E-state index contributed by atoms with van der Waals surface area (Å²) in [5, 5.41) is 5.58. The average molecular weight is 331 g/mol. The van der Waals surface area contributed by atoms with Gasteiger partial charge in [-0.2, -0.15) is 5.10 Å². The van der Waals surface area contributed by atoms with Crippen molar-refractivity contribution in [1.29, 1.82) is 0 Å². The van der Waals surface area contributed by atoms with Crippen molar-refractivity contribution in [3.63, 3.8) is 0 Å². The van der Waals surface area contributed by atoms with Crippen LogP contribution in [-0.4, -0.2) is 19.3 Å². The van der Waals surface area contributed by atoms with Crippen LogP contribution in [-0.2, 0) is 6.54 Å². The summed E-state index contributed by atoms with van der Waals surface area (Å²) >= 11 is 11.4. The molecule has 3 heterocycles. The number of benzene rings is 1. The Morgan fingerprint density at radius 2 is 2.23 bits per heavy atom. The Kier molecular flexibility index (Phi) is 2.85. The maximum absolute atomic E-state index is 12.1. The summed E-state index contributed by atoms with van der Waals surface area (Å²) in [7, 11) is 0. The summed E-state index contributed by atoms with van der Waals surface area (Å²) in [5.41, 5.74) is 3.51. The molecule has 22 heavy (non-hydrogen) atoms. The van der Waals surface area contributed by atoms with E-state index in [1.54, 1.807) is 10.9 Å². The minimum atomic E-state index is -0.215. The van der Waals surface area contributed by atoms with Crippen LogP contribution in [0.2, 0.25) is 5.02 Å². The molecule has 1 aromatic carbocycles. The van der Waals surface area contributed by atoms with Crippen LogP contribution >= 0.6 is 23.8 Å². The van der Waals surface area contributed by atoms with Gasteiger partial charge in [0.25, 0.3) is 5.56 Å². The highest BCUT2D eigenvalue weighted by Gasteiger charge is 2.22. The second kappa shape index (κ2) is 4.66. The monoisotopic (exact) mass is 330 g/mol. The molecule has 0 fully saturated rings. The molecule has 110 valence electrons. The SMILES string of the molecule is CC1=C(c2cccc(Cl)c2)n2ncc3c(=O)[nH]c(=S)n(c32)C1. The normalized spacial score (nSPS) is 13.9. The number of allylic oxidation sites excluding steroid dienone is 1. The van der Waals surface area contributed by atoms with E-state index in [1.807, 2.05) is 35.8 Å². The van der Waals surface area contributed by atoms with Gasteiger partial charge in [0, 0.05) is 17.1 Å². The molecular weight excluding hydrogens is 320 g/mol. The number of aromatic nitrogens is 4. The molecule has 1 N–H and O–H groups in total. The van der Waals surface area contributed by atoms with Crippen molar-refractivity contribution in [3.8, 4) is 0 Å². The van der Waals surface area contributed by atoms with Crippen LogP contribution in [0.4, 0.5) is 0 Å². The lowest BCUT2D eigenvalue weighted by Crippen LogP contribution is -2.21. The number of nitrogens with zero attached hydrogens (tertiary/aromatic N) is 3. The zero-order valence-electron chi connectivity index (χ0n) is 11.6.